The number of likely N-dealkylation sites (N-methyl/N-ethyl adjacent to an activating group) is 1. The normalized spacial score (nSPS) is 20.4. The Bertz CT molecular complexity index is 415. The van der Waals surface area contributed by atoms with Crippen molar-refractivity contribution in [1.82, 2.24) is 10.2 Å². The van der Waals surface area contributed by atoms with E-state index < -0.39 is 0 Å². The van der Waals surface area contributed by atoms with Crippen LogP contribution >= 0.6 is 0 Å². The van der Waals surface area contributed by atoms with Crippen molar-refractivity contribution in [3.05, 3.63) is 35.4 Å². The fourth-order valence-corrected chi connectivity index (χ4v) is 3.58. The van der Waals surface area contributed by atoms with Gasteiger partial charge >= 0.3 is 0 Å². The van der Waals surface area contributed by atoms with Gasteiger partial charge in [0, 0.05) is 18.6 Å². The highest BCUT2D eigenvalue weighted by Crippen LogP contribution is 2.29. The quantitative estimate of drug-likeness (QED) is 0.795. The fourth-order valence-electron chi connectivity index (χ4n) is 3.58. The van der Waals surface area contributed by atoms with Crippen molar-refractivity contribution in [1.29, 1.82) is 0 Å². The second kappa shape index (κ2) is 7.95. The van der Waals surface area contributed by atoms with Crippen molar-refractivity contribution in [3.8, 4) is 0 Å². The van der Waals surface area contributed by atoms with E-state index in [-0.39, 0.29) is 0 Å². The van der Waals surface area contributed by atoms with Crippen molar-refractivity contribution in [2.45, 2.75) is 58.0 Å². The van der Waals surface area contributed by atoms with Crippen LogP contribution in [-0.4, -0.2) is 31.6 Å². The Labute approximate surface area is 130 Å². The molecule has 0 bridgehead atoms. The highest BCUT2D eigenvalue weighted by molar-refractivity contribution is 5.31. The molecule has 2 atom stereocenters. The van der Waals surface area contributed by atoms with Crippen molar-refractivity contribution in [2.24, 2.45) is 5.92 Å². The molecule has 1 N–H and O–H groups in total. The molecular weight excluding hydrogens is 256 g/mol. The molecule has 0 heterocycles. The largest absolute Gasteiger partial charge is 0.308 e. The first-order valence-electron chi connectivity index (χ1n) is 8.55. The summed E-state index contributed by atoms with van der Waals surface area (Å²) in [4.78, 5) is 2.31. The molecule has 1 aliphatic carbocycles. The maximum atomic E-state index is 3.97. The van der Waals surface area contributed by atoms with Gasteiger partial charge in [0.1, 0.15) is 0 Å². The predicted molar refractivity (Wildman–Crippen MR) is 91.7 cm³/mol. The summed E-state index contributed by atoms with van der Waals surface area (Å²) in [6.07, 6.45) is 6.44. The molecule has 0 saturated carbocycles. The summed E-state index contributed by atoms with van der Waals surface area (Å²) in [5.74, 6) is 0.739. The second-order valence-electron chi connectivity index (χ2n) is 7.25. The number of aryl methyl sites for hydroxylation is 1. The molecule has 0 fully saturated rings. The number of rotatable bonds is 6. The lowest BCUT2D eigenvalue weighted by Gasteiger charge is -2.29. The Hall–Kier alpha value is -0.860. The molecule has 2 nitrogen and oxygen atoms in total. The number of hydrogen-bond acceptors (Lipinski definition) is 2. The zero-order chi connectivity index (χ0) is 15.2. The van der Waals surface area contributed by atoms with Gasteiger partial charge in [0.25, 0.3) is 0 Å². The number of nitrogens with zero attached hydrogens (tertiary/aromatic N) is 1. The van der Waals surface area contributed by atoms with Crippen LogP contribution in [0.4, 0.5) is 0 Å². The summed E-state index contributed by atoms with van der Waals surface area (Å²) >= 11 is 0. The lowest BCUT2D eigenvalue weighted by molar-refractivity contribution is 0.281. The van der Waals surface area contributed by atoms with Gasteiger partial charge in [-0.1, -0.05) is 44.5 Å². The molecule has 2 unspecified atom stereocenters. The zero-order valence-electron chi connectivity index (χ0n) is 14.2. The van der Waals surface area contributed by atoms with Crippen molar-refractivity contribution in [2.75, 3.05) is 20.6 Å². The first-order chi connectivity index (χ1) is 10.1. The first-order valence-corrected chi connectivity index (χ1v) is 8.55. The van der Waals surface area contributed by atoms with Crippen molar-refractivity contribution >= 4 is 0 Å². The Morgan fingerprint density at radius 2 is 1.95 bits per heavy atom. The Morgan fingerprint density at radius 1 is 1.19 bits per heavy atom. The highest BCUT2D eigenvalue weighted by atomic mass is 15.1. The number of nitrogens with one attached hydrogen (secondary N) is 1. The molecule has 21 heavy (non-hydrogen) atoms. The molecule has 0 saturated heterocycles. The Balaban J connectivity index is 2.11. The Kier molecular flexibility index (Phi) is 6.25. The van der Waals surface area contributed by atoms with Gasteiger partial charge in [0.05, 0.1) is 0 Å². The molecule has 1 aliphatic rings. The molecule has 0 aromatic heterocycles. The maximum absolute atomic E-state index is 3.97. The zero-order valence-corrected chi connectivity index (χ0v) is 14.2. The summed E-state index contributed by atoms with van der Waals surface area (Å²) in [6.45, 7) is 5.77. The molecule has 0 aliphatic heterocycles. The van der Waals surface area contributed by atoms with Crippen LogP contribution < -0.4 is 5.32 Å². The van der Waals surface area contributed by atoms with Crippen LogP contribution in [0.3, 0.4) is 0 Å². The molecule has 0 spiro atoms. The third kappa shape index (κ3) is 5.12. The van der Waals surface area contributed by atoms with E-state index in [1.807, 2.05) is 0 Å². The molecule has 2 rings (SSSR count). The summed E-state index contributed by atoms with van der Waals surface area (Å²) in [5, 5.41) is 3.97. The molecule has 0 radical (unpaired) electrons. The third-order valence-corrected chi connectivity index (χ3v) is 4.40. The summed E-state index contributed by atoms with van der Waals surface area (Å²) in [5.41, 5.74) is 3.10. The Morgan fingerprint density at radius 3 is 2.67 bits per heavy atom. The van der Waals surface area contributed by atoms with Crippen LogP contribution in [0.15, 0.2) is 24.3 Å². The van der Waals surface area contributed by atoms with E-state index in [4.69, 9.17) is 0 Å². The van der Waals surface area contributed by atoms with Gasteiger partial charge < -0.3 is 10.2 Å². The topological polar surface area (TPSA) is 15.3 Å². The van der Waals surface area contributed by atoms with Gasteiger partial charge in [-0.15, -0.1) is 0 Å². The van der Waals surface area contributed by atoms with Gasteiger partial charge in [-0.2, -0.15) is 0 Å². The van der Waals surface area contributed by atoms with E-state index in [9.17, 15) is 0 Å². The van der Waals surface area contributed by atoms with Crippen LogP contribution in [0, 0.1) is 5.92 Å². The van der Waals surface area contributed by atoms with Crippen LogP contribution in [0.1, 0.15) is 56.7 Å². The van der Waals surface area contributed by atoms with Crippen LogP contribution in [0.5, 0.6) is 0 Å². The predicted octanol–water partition coefficient (Wildman–Crippen LogP) is 4.02. The summed E-state index contributed by atoms with van der Waals surface area (Å²) in [7, 11) is 4.35. The van der Waals surface area contributed by atoms with Crippen molar-refractivity contribution in [3.63, 3.8) is 0 Å². The van der Waals surface area contributed by atoms with E-state index >= 15 is 0 Å². The second-order valence-corrected chi connectivity index (χ2v) is 7.25. The van der Waals surface area contributed by atoms with E-state index in [1.165, 1.54) is 32.1 Å². The lowest BCUT2D eigenvalue weighted by Crippen LogP contribution is -2.41. The van der Waals surface area contributed by atoms with Crippen LogP contribution in [0.2, 0.25) is 0 Å². The van der Waals surface area contributed by atoms with Gasteiger partial charge in [-0.3, -0.25) is 0 Å². The minimum absolute atomic E-state index is 0.535. The highest BCUT2D eigenvalue weighted by Gasteiger charge is 2.22. The number of hydrogen-bond donors (Lipinski definition) is 1. The summed E-state index contributed by atoms with van der Waals surface area (Å²) in [6, 6.07) is 10.2. The standard InChI is InChI=1S/C19H32N2/c1-15(2)13-17(14-21(3)4)20-19-12-8-6-10-16-9-5-7-11-18(16)19/h5,7,9,11,15,17,19-20H,6,8,10,12-14H2,1-4H3. The molecular formula is C19H32N2. The maximum Gasteiger partial charge on any atom is 0.0325 e. The van der Waals surface area contributed by atoms with Crippen LogP contribution in [-0.2, 0) is 6.42 Å². The summed E-state index contributed by atoms with van der Waals surface area (Å²) < 4.78 is 0. The number of benzene rings is 1. The molecule has 0 amide bonds. The first kappa shape index (κ1) is 16.5. The van der Waals surface area contributed by atoms with E-state index in [2.05, 4.69) is 62.4 Å². The monoisotopic (exact) mass is 288 g/mol. The molecule has 2 heteroatoms. The lowest BCUT2D eigenvalue weighted by atomic mass is 9.96. The van der Waals surface area contributed by atoms with Gasteiger partial charge in [-0.25, -0.2) is 0 Å². The van der Waals surface area contributed by atoms with Gasteiger partial charge in [0.2, 0.25) is 0 Å². The van der Waals surface area contributed by atoms with Gasteiger partial charge in [0.15, 0.2) is 0 Å². The number of fused-ring (bicyclic) bond motifs is 1. The van der Waals surface area contributed by atoms with E-state index in [1.54, 1.807) is 11.1 Å². The molecule has 1 aromatic rings. The fraction of sp³-hybridized carbons (Fsp3) is 0.684. The van der Waals surface area contributed by atoms with Gasteiger partial charge in [-0.05, 0) is 56.8 Å². The smallest absolute Gasteiger partial charge is 0.0325 e. The minimum atomic E-state index is 0.535. The third-order valence-electron chi connectivity index (χ3n) is 4.40. The van der Waals surface area contributed by atoms with Crippen LogP contribution in [0.25, 0.3) is 0 Å². The molecule has 1 aromatic carbocycles. The average Bonchev–Trinajstić information content (AvgIpc) is 2.60. The SMILES string of the molecule is CC(C)CC(CN(C)C)NC1CCCCc2ccccc21. The van der Waals surface area contributed by atoms with Crippen molar-refractivity contribution < 1.29 is 0 Å². The van der Waals surface area contributed by atoms with E-state index in [0.29, 0.717) is 12.1 Å². The van der Waals surface area contributed by atoms with E-state index in [0.717, 1.165) is 12.5 Å². The molecule has 118 valence electrons. The minimum Gasteiger partial charge on any atom is -0.308 e. The average molecular weight is 288 g/mol.